The van der Waals surface area contributed by atoms with Gasteiger partial charge in [0, 0.05) is 6.07 Å². The number of unbranched alkanes of at least 4 members (excludes halogenated alkanes) is 1. The molecule has 0 saturated heterocycles. The van der Waals surface area contributed by atoms with Gasteiger partial charge in [0.1, 0.15) is 11.8 Å². The van der Waals surface area contributed by atoms with E-state index in [-0.39, 0.29) is 0 Å². The fourth-order valence-corrected chi connectivity index (χ4v) is 1.91. The Bertz CT molecular complexity index is 598. The summed E-state index contributed by atoms with van der Waals surface area (Å²) in [6, 6.07) is 9.67. The summed E-state index contributed by atoms with van der Waals surface area (Å²) in [5.74, 6) is 0.757. The molecule has 98 valence electrons. The SMILES string of the molecule is CCCCc1c(C#N)nnn1-c1cccc(OC)c1. The summed E-state index contributed by atoms with van der Waals surface area (Å²) in [4.78, 5) is 0. The van der Waals surface area contributed by atoms with E-state index >= 15 is 0 Å². The third-order valence-corrected chi connectivity index (χ3v) is 2.93. The van der Waals surface area contributed by atoms with Gasteiger partial charge in [0.2, 0.25) is 0 Å². The second-order valence-corrected chi connectivity index (χ2v) is 4.21. The molecule has 0 atom stereocenters. The molecule has 5 nitrogen and oxygen atoms in total. The van der Waals surface area contributed by atoms with Gasteiger partial charge in [-0.2, -0.15) is 5.26 Å². The lowest BCUT2D eigenvalue weighted by Crippen LogP contribution is -2.03. The zero-order valence-corrected chi connectivity index (χ0v) is 11.1. The highest BCUT2D eigenvalue weighted by Gasteiger charge is 2.13. The second kappa shape index (κ2) is 6.01. The molecule has 0 bridgehead atoms. The van der Waals surface area contributed by atoms with Crippen LogP contribution in [0.3, 0.4) is 0 Å². The van der Waals surface area contributed by atoms with Crippen LogP contribution in [0.2, 0.25) is 0 Å². The lowest BCUT2D eigenvalue weighted by molar-refractivity contribution is 0.414. The average molecular weight is 256 g/mol. The lowest BCUT2D eigenvalue weighted by Gasteiger charge is -2.07. The van der Waals surface area contributed by atoms with Crippen LogP contribution in [0.25, 0.3) is 5.69 Å². The van der Waals surface area contributed by atoms with Crippen LogP contribution in [0, 0.1) is 11.3 Å². The Morgan fingerprint density at radius 2 is 2.26 bits per heavy atom. The maximum absolute atomic E-state index is 9.09. The van der Waals surface area contributed by atoms with E-state index in [1.165, 1.54) is 0 Å². The van der Waals surface area contributed by atoms with Gasteiger partial charge in [0.05, 0.1) is 18.5 Å². The van der Waals surface area contributed by atoms with E-state index in [4.69, 9.17) is 10.00 Å². The molecule has 2 rings (SSSR count). The minimum Gasteiger partial charge on any atom is -0.497 e. The smallest absolute Gasteiger partial charge is 0.186 e. The molecule has 19 heavy (non-hydrogen) atoms. The van der Waals surface area contributed by atoms with Gasteiger partial charge in [-0.1, -0.05) is 24.6 Å². The van der Waals surface area contributed by atoms with Crippen LogP contribution in [0.1, 0.15) is 31.2 Å². The number of nitrogens with zero attached hydrogens (tertiary/aromatic N) is 4. The van der Waals surface area contributed by atoms with Crippen molar-refractivity contribution in [3.05, 3.63) is 35.7 Å². The Hall–Kier alpha value is -2.35. The van der Waals surface area contributed by atoms with E-state index < -0.39 is 0 Å². The summed E-state index contributed by atoms with van der Waals surface area (Å²) < 4.78 is 6.92. The zero-order valence-electron chi connectivity index (χ0n) is 11.1. The van der Waals surface area contributed by atoms with Gasteiger partial charge in [-0.15, -0.1) is 5.10 Å². The molecule has 0 saturated carbocycles. The number of ether oxygens (including phenoxy) is 1. The Kier molecular flexibility index (Phi) is 4.14. The summed E-state index contributed by atoms with van der Waals surface area (Å²) in [7, 11) is 1.62. The van der Waals surface area contributed by atoms with E-state index in [0.29, 0.717) is 5.69 Å². The Balaban J connectivity index is 2.43. The van der Waals surface area contributed by atoms with E-state index in [2.05, 4.69) is 23.3 Å². The molecule has 1 heterocycles. The van der Waals surface area contributed by atoms with Crippen molar-refractivity contribution in [3.8, 4) is 17.5 Å². The molecule has 0 aliphatic rings. The summed E-state index contributed by atoms with van der Waals surface area (Å²) in [6.45, 7) is 2.12. The minimum atomic E-state index is 0.399. The highest BCUT2D eigenvalue weighted by Crippen LogP contribution is 2.19. The molecular formula is C14H16N4O. The lowest BCUT2D eigenvalue weighted by atomic mass is 10.1. The molecule has 0 radical (unpaired) electrons. The van der Waals surface area contributed by atoms with Gasteiger partial charge in [-0.3, -0.25) is 0 Å². The molecule has 0 amide bonds. The Morgan fingerprint density at radius 3 is 2.95 bits per heavy atom. The summed E-state index contributed by atoms with van der Waals surface area (Å²) >= 11 is 0. The molecule has 0 unspecified atom stereocenters. The molecule has 2 aromatic rings. The van der Waals surface area contributed by atoms with Crippen LogP contribution in [-0.4, -0.2) is 22.1 Å². The Labute approximate surface area is 112 Å². The fraction of sp³-hybridized carbons (Fsp3) is 0.357. The van der Waals surface area contributed by atoms with Crippen molar-refractivity contribution in [2.75, 3.05) is 7.11 Å². The van der Waals surface area contributed by atoms with Crippen molar-refractivity contribution in [2.24, 2.45) is 0 Å². The van der Waals surface area contributed by atoms with Crippen LogP contribution in [-0.2, 0) is 6.42 Å². The molecule has 1 aromatic carbocycles. The van der Waals surface area contributed by atoms with Crippen LogP contribution in [0.15, 0.2) is 24.3 Å². The molecule has 0 spiro atoms. The molecule has 1 aromatic heterocycles. The van der Waals surface area contributed by atoms with Gasteiger partial charge in [-0.05, 0) is 25.0 Å². The van der Waals surface area contributed by atoms with Crippen molar-refractivity contribution in [3.63, 3.8) is 0 Å². The quantitative estimate of drug-likeness (QED) is 0.824. The number of rotatable bonds is 5. The second-order valence-electron chi connectivity index (χ2n) is 4.21. The maximum atomic E-state index is 9.09. The van der Waals surface area contributed by atoms with Crippen molar-refractivity contribution >= 4 is 0 Å². The molecule has 0 aliphatic carbocycles. The van der Waals surface area contributed by atoms with Crippen molar-refractivity contribution < 1.29 is 4.74 Å². The largest absolute Gasteiger partial charge is 0.497 e. The number of aromatic nitrogens is 3. The molecule has 5 heteroatoms. The number of hydrogen-bond donors (Lipinski definition) is 0. The van der Waals surface area contributed by atoms with Gasteiger partial charge in [0.15, 0.2) is 5.69 Å². The summed E-state index contributed by atoms with van der Waals surface area (Å²) in [5.41, 5.74) is 2.12. The Morgan fingerprint density at radius 1 is 1.42 bits per heavy atom. The topological polar surface area (TPSA) is 63.7 Å². The van der Waals surface area contributed by atoms with E-state index in [0.717, 1.165) is 36.4 Å². The predicted molar refractivity (Wildman–Crippen MR) is 71.2 cm³/mol. The summed E-state index contributed by atoms with van der Waals surface area (Å²) in [6.07, 6.45) is 2.86. The number of benzene rings is 1. The number of hydrogen-bond acceptors (Lipinski definition) is 4. The highest BCUT2D eigenvalue weighted by molar-refractivity contribution is 5.41. The van der Waals surface area contributed by atoms with Crippen LogP contribution in [0.5, 0.6) is 5.75 Å². The van der Waals surface area contributed by atoms with E-state index in [1.54, 1.807) is 11.8 Å². The first-order valence-corrected chi connectivity index (χ1v) is 6.29. The first-order valence-electron chi connectivity index (χ1n) is 6.29. The third kappa shape index (κ3) is 2.74. The maximum Gasteiger partial charge on any atom is 0.186 e. The third-order valence-electron chi connectivity index (χ3n) is 2.93. The van der Waals surface area contributed by atoms with Crippen LogP contribution < -0.4 is 4.74 Å². The van der Waals surface area contributed by atoms with Crippen molar-refractivity contribution in [2.45, 2.75) is 26.2 Å². The zero-order chi connectivity index (χ0) is 13.7. The van der Waals surface area contributed by atoms with Crippen molar-refractivity contribution in [1.82, 2.24) is 15.0 Å². The standard InChI is InChI=1S/C14H16N4O/c1-3-4-8-14-13(10-15)16-17-18(14)11-6-5-7-12(9-11)19-2/h5-7,9H,3-4,8H2,1-2H3. The predicted octanol–water partition coefficient (Wildman–Crippen LogP) is 2.49. The summed E-state index contributed by atoms with van der Waals surface area (Å²) in [5, 5.41) is 17.1. The minimum absolute atomic E-state index is 0.399. The van der Waals surface area contributed by atoms with Crippen LogP contribution in [0.4, 0.5) is 0 Å². The molecular weight excluding hydrogens is 240 g/mol. The monoisotopic (exact) mass is 256 g/mol. The normalized spacial score (nSPS) is 10.2. The first kappa shape index (κ1) is 13.1. The first-order chi connectivity index (χ1) is 9.30. The van der Waals surface area contributed by atoms with E-state index in [9.17, 15) is 0 Å². The molecule has 0 aliphatic heterocycles. The van der Waals surface area contributed by atoms with Gasteiger partial charge in [-0.25, -0.2) is 4.68 Å². The fourth-order valence-electron chi connectivity index (χ4n) is 1.91. The highest BCUT2D eigenvalue weighted by atomic mass is 16.5. The molecule has 0 fully saturated rings. The number of methoxy groups -OCH3 is 1. The van der Waals surface area contributed by atoms with Gasteiger partial charge < -0.3 is 4.74 Å². The van der Waals surface area contributed by atoms with Gasteiger partial charge in [0.25, 0.3) is 0 Å². The van der Waals surface area contributed by atoms with Crippen molar-refractivity contribution in [1.29, 1.82) is 5.26 Å². The molecule has 0 N–H and O–H groups in total. The van der Waals surface area contributed by atoms with E-state index in [1.807, 2.05) is 24.3 Å². The average Bonchev–Trinajstić information content (AvgIpc) is 2.88. The van der Waals surface area contributed by atoms with Crippen LogP contribution >= 0.6 is 0 Å². The number of nitriles is 1. The van der Waals surface area contributed by atoms with Gasteiger partial charge >= 0.3 is 0 Å².